The molecule has 0 N–H and O–H groups in total. The maximum absolute atomic E-state index is 5.87. The van der Waals surface area contributed by atoms with Crippen molar-refractivity contribution in [3.05, 3.63) is 34.9 Å². The smallest absolute Gasteiger partial charge is 0.0229 e. The molecule has 1 rings (SSSR count). The van der Waals surface area contributed by atoms with Crippen LogP contribution < -0.4 is 0 Å². The summed E-state index contributed by atoms with van der Waals surface area (Å²) in [4.78, 5) is 0. The van der Waals surface area contributed by atoms with Crippen LogP contribution in [0.25, 0.3) is 0 Å². The van der Waals surface area contributed by atoms with Gasteiger partial charge < -0.3 is 0 Å². The molecule has 1 unspecified atom stereocenters. The number of hydrogen-bond acceptors (Lipinski definition) is 0. The molecule has 0 bridgehead atoms. The second kappa shape index (κ2) is 5.55. The van der Waals surface area contributed by atoms with E-state index in [9.17, 15) is 0 Å². The van der Waals surface area contributed by atoms with Crippen molar-refractivity contribution in [2.24, 2.45) is 5.92 Å². The maximum atomic E-state index is 5.87. The summed E-state index contributed by atoms with van der Waals surface area (Å²) in [5, 5.41) is 0. The third kappa shape index (κ3) is 3.24. The number of rotatable bonds is 4. The lowest BCUT2D eigenvalue weighted by Crippen LogP contribution is -2.09. The molecule has 15 heavy (non-hydrogen) atoms. The summed E-state index contributed by atoms with van der Waals surface area (Å²) >= 11 is 5.87. The van der Waals surface area contributed by atoms with E-state index in [1.54, 1.807) is 0 Å². The Balaban J connectivity index is 3.00. The highest BCUT2D eigenvalue weighted by atomic mass is 35.5. The van der Waals surface area contributed by atoms with Crippen LogP contribution in [0.4, 0.5) is 0 Å². The molecule has 1 aromatic rings. The van der Waals surface area contributed by atoms with Crippen molar-refractivity contribution in [3.63, 3.8) is 0 Å². The molecular weight excluding hydrogens is 204 g/mol. The Labute approximate surface area is 98.7 Å². The predicted octanol–water partition coefficient (Wildman–Crippen LogP) is 4.67. The van der Waals surface area contributed by atoms with Gasteiger partial charge in [-0.2, -0.15) is 0 Å². The highest BCUT2D eigenvalue weighted by Gasteiger charge is 2.16. The van der Waals surface area contributed by atoms with Crippen molar-refractivity contribution in [3.8, 4) is 0 Å². The van der Waals surface area contributed by atoms with E-state index in [1.807, 2.05) is 0 Å². The van der Waals surface area contributed by atoms with Gasteiger partial charge in [0.1, 0.15) is 0 Å². The molecule has 0 radical (unpaired) electrons. The summed E-state index contributed by atoms with van der Waals surface area (Å²) < 4.78 is 0. The van der Waals surface area contributed by atoms with Crippen LogP contribution in [-0.4, -0.2) is 5.88 Å². The lowest BCUT2D eigenvalue weighted by atomic mass is 9.83. The quantitative estimate of drug-likeness (QED) is 0.652. The van der Waals surface area contributed by atoms with E-state index in [0.717, 1.165) is 12.3 Å². The standard InChI is InChI=1S/C14H21Cl/c1-10(2)13(7-8-15)14-6-5-11(3)9-12(14)4/h5-6,9-10,13H,7-8H2,1-4H3. The molecule has 1 atom stereocenters. The molecule has 0 aromatic heterocycles. The van der Waals surface area contributed by atoms with Gasteiger partial charge in [-0.3, -0.25) is 0 Å². The molecule has 0 aliphatic rings. The second-order valence-electron chi connectivity index (χ2n) is 4.69. The summed E-state index contributed by atoms with van der Waals surface area (Å²) in [6.45, 7) is 8.89. The molecule has 0 nitrogen and oxygen atoms in total. The van der Waals surface area contributed by atoms with Crippen LogP contribution in [0.5, 0.6) is 0 Å². The Morgan fingerprint density at radius 3 is 2.33 bits per heavy atom. The zero-order valence-corrected chi connectivity index (χ0v) is 10.9. The fraction of sp³-hybridized carbons (Fsp3) is 0.571. The first kappa shape index (κ1) is 12.6. The normalized spacial score (nSPS) is 13.2. The minimum absolute atomic E-state index is 0.600. The summed E-state index contributed by atoms with van der Waals surface area (Å²) in [5.41, 5.74) is 4.21. The third-order valence-electron chi connectivity index (χ3n) is 3.05. The van der Waals surface area contributed by atoms with E-state index in [2.05, 4.69) is 45.9 Å². The Kier molecular flexibility index (Phi) is 4.66. The van der Waals surface area contributed by atoms with Crippen LogP contribution in [0.2, 0.25) is 0 Å². The molecule has 0 saturated heterocycles. The number of halogens is 1. The molecule has 0 aliphatic carbocycles. The molecular formula is C14H21Cl. The molecule has 84 valence electrons. The van der Waals surface area contributed by atoms with Crippen molar-refractivity contribution in [1.29, 1.82) is 0 Å². The molecule has 0 spiro atoms. The lowest BCUT2D eigenvalue weighted by molar-refractivity contribution is 0.485. The number of hydrogen-bond donors (Lipinski definition) is 0. The average molecular weight is 225 g/mol. The molecule has 0 saturated carbocycles. The van der Waals surface area contributed by atoms with E-state index in [-0.39, 0.29) is 0 Å². The SMILES string of the molecule is Cc1ccc(C(CCCl)C(C)C)c(C)c1. The summed E-state index contributed by atoms with van der Waals surface area (Å²) in [5.74, 6) is 2.00. The van der Waals surface area contributed by atoms with Gasteiger partial charge in [-0.05, 0) is 43.2 Å². The molecule has 0 amide bonds. The average Bonchev–Trinajstić information content (AvgIpc) is 2.15. The Bertz CT molecular complexity index is 315. The van der Waals surface area contributed by atoms with Gasteiger partial charge in [0.05, 0.1) is 0 Å². The van der Waals surface area contributed by atoms with Crippen LogP contribution in [0.15, 0.2) is 18.2 Å². The van der Waals surface area contributed by atoms with Crippen molar-refractivity contribution in [2.45, 2.75) is 40.0 Å². The minimum Gasteiger partial charge on any atom is -0.127 e. The molecule has 0 fully saturated rings. The van der Waals surface area contributed by atoms with Gasteiger partial charge in [0.15, 0.2) is 0 Å². The van der Waals surface area contributed by atoms with Crippen LogP contribution in [0, 0.1) is 19.8 Å². The summed E-state index contributed by atoms with van der Waals surface area (Å²) in [7, 11) is 0. The molecule has 0 heterocycles. The zero-order chi connectivity index (χ0) is 11.4. The van der Waals surface area contributed by atoms with Crippen molar-refractivity contribution in [2.75, 3.05) is 5.88 Å². The van der Waals surface area contributed by atoms with Gasteiger partial charge in [0, 0.05) is 5.88 Å². The predicted molar refractivity (Wildman–Crippen MR) is 68.8 cm³/mol. The topological polar surface area (TPSA) is 0 Å². The maximum Gasteiger partial charge on any atom is 0.0229 e. The first-order valence-electron chi connectivity index (χ1n) is 5.69. The highest BCUT2D eigenvalue weighted by molar-refractivity contribution is 6.17. The van der Waals surface area contributed by atoms with E-state index < -0.39 is 0 Å². The second-order valence-corrected chi connectivity index (χ2v) is 5.07. The number of aryl methyl sites for hydroxylation is 2. The Morgan fingerprint density at radius 1 is 1.20 bits per heavy atom. The monoisotopic (exact) mass is 224 g/mol. The lowest BCUT2D eigenvalue weighted by Gasteiger charge is -2.22. The van der Waals surface area contributed by atoms with Crippen molar-refractivity contribution in [1.82, 2.24) is 0 Å². The minimum atomic E-state index is 0.600. The van der Waals surface area contributed by atoms with E-state index >= 15 is 0 Å². The fourth-order valence-corrected chi connectivity index (χ4v) is 2.44. The highest BCUT2D eigenvalue weighted by Crippen LogP contribution is 2.30. The van der Waals surface area contributed by atoms with Gasteiger partial charge in [-0.1, -0.05) is 37.6 Å². The van der Waals surface area contributed by atoms with Crippen LogP contribution in [-0.2, 0) is 0 Å². The molecule has 0 aliphatic heterocycles. The first-order chi connectivity index (χ1) is 7.06. The van der Waals surface area contributed by atoms with E-state index in [0.29, 0.717) is 11.8 Å². The van der Waals surface area contributed by atoms with E-state index in [1.165, 1.54) is 16.7 Å². The van der Waals surface area contributed by atoms with Crippen LogP contribution in [0.1, 0.15) is 42.9 Å². The Hall–Kier alpha value is -0.490. The van der Waals surface area contributed by atoms with Crippen LogP contribution >= 0.6 is 11.6 Å². The Morgan fingerprint density at radius 2 is 1.87 bits per heavy atom. The van der Waals surface area contributed by atoms with Gasteiger partial charge >= 0.3 is 0 Å². The zero-order valence-electron chi connectivity index (χ0n) is 10.2. The van der Waals surface area contributed by atoms with Gasteiger partial charge in [0.25, 0.3) is 0 Å². The number of benzene rings is 1. The van der Waals surface area contributed by atoms with Crippen molar-refractivity contribution >= 4 is 11.6 Å². The summed E-state index contributed by atoms with van der Waals surface area (Å²) in [6, 6.07) is 6.73. The van der Waals surface area contributed by atoms with Crippen molar-refractivity contribution < 1.29 is 0 Å². The van der Waals surface area contributed by atoms with Gasteiger partial charge in [0.2, 0.25) is 0 Å². The number of alkyl halides is 1. The first-order valence-corrected chi connectivity index (χ1v) is 6.22. The third-order valence-corrected chi connectivity index (χ3v) is 3.27. The van der Waals surface area contributed by atoms with E-state index in [4.69, 9.17) is 11.6 Å². The molecule has 1 aromatic carbocycles. The largest absolute Gasteiger partial charge is 0.127 e. The van der Waals surface area contributed by atoms with Gasteiger partial charge in [-0.15, -0.1) is 11.6 Å². The summed E-state index contributed by atoms with van der Waals surface area (Å²) in [6.07, 6.45) is 1.07. The molecule has 1 heteroatoms. The van der Waals surface area contributed by atoms with Crippen LogP contribution in [0.3, 0.4) is 0 Å². The van der Waals surface area contributed by atoms with Gasteiger partial charge in [-0.25, -0.2) is 0 Å². The fourth-order valence-electron chi connectivity index (χ4n) is 2.21.